The monoisotopic (exact) mass is 253 g/mol. The molecule has 0 aromatic rings. The highest BCUT2D eigenvalue weighted by atomic mass is 16.2. The number of carbonyl (C=O) groups excluding carboxylic acids is 1. The third-order valence-electron chi connectivity index (χ3n) is 4.68. The van der Waals surface area contributed by atoms with E-state index in [-0.39, 0.29) is 11.3 Å². The SMILES string of the molecule is CC1CN(C)CCC1NC(=O)C1(C)CCNCC1. The molecule has 2 saturated heterocycles. The molecule has 0 aromatic heterocycles. The lowest BCUT2D eigenvalue weighted by atomic mass is 9.79. The van der Waals surface area contributed by atoms with E-state index in [0.717, 1.165) is 45.4 Å². The highest BCUT2D eigenvalue weighted by molar-refractivity contribution is 5.82. The van der Waals surface area contributed by atoms with Crippen LogP contribution >= 0.6 is 0 Å². The number of piperidine rings is 2. The van der Waals surface area contributed by atoms with Crippen molar-refractivity contribution in [3.8, 4) is 0 Å². The zero-order valence-electron chi connectivity index (χ0n) is 12.0. The average Bonchev–Trinajstić information content (AvgIpc) is 2.33. The Bertz CT molecular complexity index is 299. The summed E-state index contributed by atoms with van der Waals surface area (Å²) in [4.78, 5) is 14.8. The Hall–Kier alpha value is -0.610. The Morgan fingerprint density at radius 1 is 1.39 bits per heavy atom. The first-order valence-electron chi connectivity index (χ1n) is 7.21. The fourth-order valence-electron chi connectivity index (χ4n) is 3.12. The van der Waals surface area contributed by atoms with Crippen molar-refractivity contribution in [2.75, 3.05) is 33.2 Å². The Kier molecular flexibility index (Phi) is 4.28. The first-order valence-corrected chi connectivity index (χ1v) is 7.21. The van der Waals surface area contributed by atoms with Gasteiger partial charge in [0.1, 0.15) is 0 Å². The molecular formula is C14H27N3O. The van der Waals surface area contributed by atoms with Crippen LogP contribution in [0.3, 0.4) is 0 Å². The Balaban J connectivity index is 1.90. The normalized spacial score (nSPS) is 33.1. The summed E-state index contributed by atoms with van der Waals surface area (Å²) in [6.07, 6.45) is 3.00. The lowest BCUT2D eigenvalue weighted by Gasteiger charge is -2.39. The summed E-state index contributed by atoms with van der Waals surface area (Å²) in [6.45, 7) is 8.46. The van der Waals surface area contributed by atoms with Crippen molar-refractivity contribution < 1.29 is 4.79 Å². The van der Waals surface area contributed by atoms with Crippen LogP contribution in [0.15, 0.2) is 0 Å². The van der Waals surface area contributed by atoms with E-state index in [2.05, 4.69) is 36.4 Å². The van der Waals surface area contributed by atoms with Gasteiger partial charge in [-0.15, -0.1) is 0 Å². The van der Waals surface area contributed by atoms with Crippen LogP contribution in [0.1, 0.15) is 33.1 Å². The predicted octanol–water partition coefficient (Wildman–Crippen LogP) is 0.833. The molecule has 2 fully saturated rings. The smallest absolute Gasteiger partial charge is 0.226 e. The number of hydrogen-bond donors (Lipinski definition) is 2. The van der Waals surface area contributed by atoms with E-state index in [0.29, 0.717) is 12.0 Å². The number of hydrogen-bond acceptors (Lipinski definition) is 3. The summed E-state index contributed by atoms with van der Waals surface area (Å²) in [5.74, 6) is 0.823. The van der Waals surface area contributed by atoms with Crippen LogP contribution in [-0.2, 0) is 4.79 Å². The van der Waals surface area contributed by atoms with Crippen LogP contribution in [0.5, 0.6) is 0 Å². The van der Waals surface area contributed by atoms with Gasteiger partial charge in [-0.05, 0) is 51.9 Å². The highest BCUT2D eigenvalue weighted by Crippen LogP contribution is 2.29. The van der Waals surface area contributed by atoms with Gasteiger partial charge in [-0.25, -0.2) is 0 Å². The van der Waals surface area contributed by atoms with Gasteiger partial charge in [0, 0.05) is 18.0 Å². The number of likely N-dealkylation sites (tertiary alicyclic amines) is 1. The number of amides is 1. The van der Waals surface area contributed by atoms with Crippen LogP contribution < -0.4 is 10.6 Å². The van der Waals surface area contributed by atoms with Crippen molar-refractivity contribution in [1.82, 2.24) is 15.5 Å². The van der Waals surface area contributed by atoms with Crippen LogP contribution in [0.25, 0.3) is 0 Å². The van der Waals surface area contributed by atoms with Crippen molar-refractivity contribution >= 4 is 5.91 Å². The molecule has 2 unspecified atom stereocenters. The van der Waals surface area contributed by atoms with Crippen molar-refractivity contribution in [1.29, 1.82) is 0 Å². The van der Waals surface area contributed by atoms with E-state index in [9.17, 15) is 4.79 Å². The van der Waals surface area contributed by atoms with Crippen LogP contribution in [0, 0.1) is 11.3 Å². The van der Waals surface area contributed by atoms with Gasteiger partial charge in [0.2, 0.25) is 5.91 Å². The lowest BCUT2D eigenvalue weighted by molar-refractivity contribution is -0.133. The molecule has 2 N–H and O–H groups in total. The van der Waals surface area contributed by atoms with Crippen molar-refractivity contribution in [2.45, 2.75) is 39.2 Å². The minimum atomic E-state index is -0.158. The van der Waals surface area contributed by atoms with Crippen LogP contribution in [0.2, 0.25) is 0 Å². The molecule has 2 heterocycles. The fourth-order valence-corrected chi connectivity index (χ4v) is 3.12. The summed E-state index contributed by atoms with van der Waals surface area (Å²) >= 11 is 0. The van der Waals surface area contributed by atoms with Crippen LogP contribution in [-0.4, -0.2) is 50.1 Å². The van der Waals surface area contributed by atoms with Crippen molar-refractivity contribution in [3.05, 3.63) is 0 Å². The second-order valence-electron chi connectivity index (χ2n) is 6.42. The largest absolute Gasteiger partial charge is 0.353 e. The van der Waals surface area contributed by atoms with Gasteiger partial charge < -0.3 is 15.5 Å². The topological polar surface area (TPSA) is 44.4 Å². The molecule has 0 aliphatic carbocycles. The first kappa shape index (κ1) is 13.8. The second kappa shape index (κ2) is 5.57. The fraction of sp³-hybridized carbons (Fsp3) is 0.929. The van der Waals surface area contributed by atoms with Gasteiger partial charge in [0.25, 0.3) is 0 Å². The maximum absolute atomic E-state index is 12.5. The molecule has 2 aliphatic heterocycles. The molecule has 104 valence electrons. The van der Waals surface area contributed by atoms with Gasteiger partial charge in [0.15, 0.2) is 0 Å². The molecule has 18 heavy (non-hydrogen) atoms. The van der Waals surface area contributed by atoms with E-state index >= 15 is 0 Å². The molecule has 0 aromatic carbocycles. The summed E-state index contributed by atoms with van der Waals surface area (Å²) in [5, 5.41) is 6.63. The molecule has 2 aliphatic rings. The first-order chi connectivity index (χ1) is 8.51. The molecule has 2 rings (SSSR count). The molecular weight excluding hydrogens is 226 g/mol. The predicted molar refractivity (Wildman–Crippen MR) is 73.4 cm³/mol. The standard InChI is InChI=1S/C14H27N3O/c1-11-10-17(3)9-4-12(11)16-13(18)14(2)5-7-15-8-6-14/h11-12,15H,4-10H2,1-3H3,(H,16,18). The van der Waals surface area contributed by atoms with Crippen molar-refractivity contribution in [2.24, 2.45) is 11.3 Å². The third kappa shape index (κ3) is 3.04. The quantitative estimate of drug-likeness (QED) is 0.766. The van der Waals surface area contributed by atoms with E-state index < -0.39 is 0 Å². The van der Waals surface area contributed by atoms with E-state index in [1.165, 1.54) is 0 Å². The maximum Gasteiger partial charge on any atom is 0.226 e. The molecule has 0 radical (unpaired) electrons. The summed E-state index contributed by atoms with van der Waals surface area (Å²) in [5.41, 5.74) is -0.158. The maximum atomic E-state index is 12.5. The minimum absolute atomic E-state index is 0.158. The molecule has 0 spiro atoms. The summed E-state index contributed by atoms with van der Waals surface area (Å²) in [7, 11) is 2.16. The second-order valence-corrected chi connectivity index (χ2v) is 6.42. The van der Waals surface area contributed by atoms with Gasteiger partial charge >= 0.3 is 0 Å². The highest BCUT2D eigenvalue weighted by Gasteiger charge is 2.36. The molecule has 4 heteroatoms. The molecule has 1 amide bonds. The van der Waals surface area contributed by atoms with Gasteiger partial charge in [-0.3, -0.25) is 4.79 Å². The number of nitrogens with one attached hydrogen (secondary N) is 2. The van der Waals surface area contributed by atoms with E-state index in [1.807, 2.05) is 0 Å². The Labute approximate surface area is 110 Å². The lowest BCUT2D eigenvalue weighted by Crippen LogP contribution is -2.54. The van der Waals surface area contributed by atoms with Gasteiger partial charge in [-0.2, -0.15) is 0 Å². The van der Waals surface area contributed by atoms with Gasteiger partial charge in [-0.1, -0.05) is 13.8 Å². The summed E-state index contributed by atoms with van der Waals surface area (Å²) < 4.78 is 0. The van der Waals surface area contributed by atoms with E-state index in [1.54, 1.807) is 0 Å². The van der Waals surface area contributed by atoms with E-state index in [4.69, 9.17) is 0 Å². The number of nitrogens with zero attached hydrogens (tertiary/aromatic N) is 1. The van der Waals surface area contributed by atoms with Crippen LogP contribution in [0.4, 0.5) is 0 Å². The van der Waals surface area contributed by atoms with Gasteiger partial charge in [0.05, 0.1) is 0 Å². The third-order valence-corrected chi connectivity index (χ3v) is 4.68. The number of rotatable bonds is 2. The molecule has 4 nitrogen and oxygen atoms in total. The zero-order valence-corrected chi connectivity index (χ0v) is 12.0. The molecule has 0 bridgehead atoms. The number of carbonyl (C=O) groups is 1. The Morgan fingerprint density at radius 3 is 2.67 bits per heavy atom. The zero-order chi connectivity index (χ0) is 13.2. The molecule has 2 atom stereocenters. The minimum Gasteiger partial charge on any atom is -0.353 e. The Morgan fingerprint density at radius 2 is 2.06 bits per heavy atom. The van der Waals surface area contributed by atoms with Crippen molar-refractivity contribution in [3.63, 3.8) is 0 Å². The average molecular weight is 253 g/mol. The molecule has 0 saturated carbocycles. The summed E-state index contributed by atoms with van der Waals surface area (Å²) in [6, 6.07) is 0.361.